The quantitative estimate of drug-likeness (QED) is 0.325. The van der Waals surface area contributed by atoms with Crippen molar-refractivity contribution in [2.24, 2.45) is 0 Å². The molecule has 1 aliphatic heterocycles. The van der Waals surface area contributed by atoms with E-state index in [0.29, 0.717) is 16.1 Å². The summed E-state index contributed by atoms with van der Waals surface area (Å²) in [5, 5.41) is 14.0. The van der Waals surface area contributed by atoms with Crippen molar-refractivity contribution in [3.8, 4) is 0 Å². The van der Waals surface area contributed by atoms with Crippen molar-refractivity contribution < 1.29 is 27.1 Å². The van der Waals surface area contributed by atoms with Gasteiger partial charge in [0, 0.05) is 49.5 Å². The third kappa shape index (κ3) is 5.45. The van der Waals surface area contributed by atoms with Gasteiger partial charge >= 0.3 is 0 Å². The number of aromatic nitrogens is 3. The van der Waals surface area contributed by atoms with Crippen LogP contribution in [0.1, 0.15) is 36.2 Å². The summed E-state index contributed by atoms with van der Waals surface area (Å²) in [6.07, 6.45) is 3.48. The Hall–Kier alpha value is -3.47. The van der Waals surface area contributed by atoms with Crippen LogP contribution in [-0.4, -0.2) is 45.4 Å². The molecule has 1 fully saturated rings. The second-order valence-corrected chi connectivity index (χ2v) is 8.75. The van der Waals surface area contributed by atoms with Crippen molar-refractivity contribution in [1.29, 1.82) is 0 Å². The van der Waals surface area contributed by atoms with Crippen LogP contribution in [-0.2, 0) is 11.3 Å². The van der Waals surface area contributed by atoms with E-state index in [4.69, 9.17) is 0 Å². The highest BCUT2D eigenvalue weighted by Gasteiger charge is 2.46. The summed E-state index contributed by atoms with van der Waals surface area (Å²) < 4.78 is 58.6. The molecule has 35 heavy (non-hydrogen) atoms. The molecule has 2 aromatic heterocycles. The fourth-order valence-corrected chi connectivity index (χ4v) is 4.24. The number of imidazole rings is 1. The lowest BCUT2D eigenvalue weighted by molar-refractivity contribution is -0.605. The molecule has 1 aromatic carbocycles. The van der Waals surface area contributed by atoms with E-state index in [0.717, 1.165) is 6.07 Å². The molecule has 186 valence electrons. The van der Waals surface area contributed by atoms with Gasteiger partial charge in [0.15, 0.2) is 18.2 Å². The third-order valence-corrected chi connectivity index (χ3v) is 6.40. The first-order valence-electron chi connectivity index (χ1n) is 11.1. The van der Waals surface area contributed by atoms with E-state index in [1.54, 1.807) is 23.3 Å². The Morgan fingerprint density at radius 2 is 2.00 bits per heavy atom. The van der Waals surface area contributed by atoms with E-state index in [-0.39, 0.29) is 31.0 Å². The Morgan fingerprint density at radius 1 is 1.29 bits per heavy atom. The fourth-order valence-electron chi connectivity index (χ4n) is 4.24. The Labute approximate surface area is 199 Å². The van der Waals surface area contributed by atoms with Gasteiger partial charge in [0.2, 0.25) is 5.91 Å². The minimum Gasteiger partial charge on any atom is -0.619 e. The van der Waals surface area contributed by atoms with E-state index in [2.05, 4.69) is 10.3 Å². The molecule has 1 aliphatic rings. The molecular formula is C24H25F4N5O2. The smallest absolute Gasteiger partial charge is 0.257 e. The number of pyridine rings is 1. The zero-order valence-electron chi connectivity index (χ0n) is 19.2. The summed E-state index contributed by atoms with van der Waals surface area (Å²) in [6, 6.07) is 5.34. The number of anilines is 1. The molecule has 0 saturated carbocycles. The first-order valence-corrected chi connectivity index (χ1v) is 11.1. The van der Waals surface area contributed by atoms with Crippen molar-refractivity contribution in [3.63, 3.8) is 0 Å². The van der Waals surface area contributed by atoms with Crippen molar-refractivity contribution in [2.75, 3.05) is 18.4 Å². The molecule has 1 saturated heterocycles. The summed E-state index contributed by atoms with van der Waals surface area (Å²) in [5.41, 5.74) is 0.601. The number of rotatable bonds is 6. The Morgan fingerprint density at radius 3 is 2.69 bits per heavy atom. The highest BCUT2D eigenvalue weighted by molar-refractivity contribution is 5.93. The number of piperidine rings is 1. The molecule has 1 N–H and O–H groups in total. The van der Waals surface area contributed by atoms with E-state index in [9.17, 15) is 27.6 Å². The van der Waals surface area contributed by atoms with Crippen molar-refractivity contribution >= 4 is 11.7 Å². The van der Waals surface area contributed by atoms with Crippen LogP contribution in [0, 0.1) is 23.8 Å². The molecule has 11 heteroatoms. The number of benzene rings is 1. The lowest BCUT2D eigenvalue weighted by Crippen LogP contribution is -2.52. The molecule has 3 aromatic rings. The summed E-state index contributed by atoms with van der Waals surface area (Å²) in [5.74, 6) is -5.14. The number of carbonyl (C=O) groups excluding carboxylic acids is 1. The van der Waals surface area contributed by atoms with Crippen LogP contribution < -0.4 is 10.0 Å². The van der Waals surface area contributed by atoms with Gasteiger partial charge in [-0.15, -0.1) is 0 Å². The van der Waals surface area contributed by atoms with Crippen LogP contribution >= 0.6 is 0 Å². The number of nitrogens with one attached hydrogen (secondary N) is 1. The summed E-state index contributed by atoms with van der Waals surface area (Å²) in [4.78, 5) is 18.8. The fraction of sp³-hybridized carbons (Fsp3) is 0.375. The van der Waals surface area contributed by atoms with Gasteiger partial charge in [0.1, 0.15) is 17.5 Å². The minimum atomic E-state index is -2.97. The maximum Gasteiger partial charge on any atom is 0.257 e. The standard InChI is InChI=1S/C24H25F4N5O2/c1-15(31-10-7-24(27,28)20(13-31)17-5-8-33(35)9-6-17)23(34)30-22-14-32(16(2)29-22)12-18-3-4-19(25)11-21(18)26/h3-6,8-9,11,14-15,20H,7,10,12-13H2,1-2H3,(H,30,34)/t15-,20+/m0/s1. The minimum absolute atomic E-state index is 0.0315. The van der Waals surface area contributed by atoms with Gasteiger partial charge in [-0.25, -0.2) is 22.5 Å². The van der Waals surface area contributed by atoms with Gasteiger partial charge in [0.05, 0.1) is 18.5 Å². The van der Waals surface area contributed by atoms with Crippen molar-refractivity contribution in [1.82, 2.24) is 14.5 Å². The van der Waals surface area contributed by atoms with Gasteiger partial charge in [-0.2, -0.15) is 4.73 Å². The van der Waals surface area contributed by atoms with Crippen LogP contribution in [0.15, 0.2) is 48.9 Å². The molecule has 2 atom stereocenters. The second-order valence-electron chi connectivity index (χ2n) is 8.75. The number of carbonyl (C=O) groups is 1. The number of hydrogen-bond donors (Lipinski definition) is 1. The molecule has 3 heterocycles. The highest BCUT2D eigenvalue weighted by Crippen LogP contribution is 2.40. The van der Waals surface area contributed by atoms with Gasteiger partial charge in [-0.1, -0.05) is 6.07 Å². The predicted octanol–water partition coefficient (Wildman–Crippen LogP) is 3.60. The molecule has 0 bridgehead atoms. The molecule has 0 unspecified atom stereocenters. The van der Waals surface area contributed by atoms with Gasteiger partial charge in [-0.05, 0) is 25.5 Å². The van der Waals surface area contributed by atoms with E-state index in [1.807, 2.05) is 0 Å². The SMILES string of the molecule is Cc1nc(NC(=O)[C@H](C)N2CCC(F)(F)[C@@H](c3cc[n+]([O-])cc3)C2)cn1Cc1ccc(F)cc1F. The monoisotopic (exact) mass is 491 g/mol. The third-order valence-electron chi connectivity index (χ3n) is 6.40. The lowest BCUT2D eigenvalue weighted by atomic mass is 9.87. The second kappa shape index (κ2) is 9.65. The molecule has 1 amide bonds. The van der Waals surface area contributed by atoms with Crippen LogP contribution in [0.4, 0.5) is 23.4 Å². The highest BCUT2D eigenvalue weighted by atomic mass is 19.3. The normalized spacial score (nSPS) is 18.9. The summed E-state index contributed by atoms with van der Waals surface area (Å²) in [6.45, 7) is 3.39. The Balaban J connectivity index is 1.43. The first kappa shape index (κ1) is 24.6. The number of hydrogen-bond acceptors (Lipinski definition) is 4. The van der Waals surface area contributed by atoms with Gasteiger partial charge in [-0.3, -0.25) is 9.69 Å². The molecule has 4 rings (SSSR count). The number of amides is 1. The summed E-state index contributed by atoms with van der Waals surface area (Å²) in [7, 11) is 0. The largest absolute Gasteiger partial charge is 0.619 e. The van der Waals surface area contributed by atoms with Crippen molar-refractivity contribution in [3.05, 3.63) is 82.7 Å². The molecule has 0 radical (unpaired) electrons. The van der Waals surface area contributed by atoms with Gasteiger partial charge in [0.25, 0.3) is 5.92 Å². The number of aryl methyl sites for hydroxylation is 1. The average molecular weight is 491 g/mol. The van der Waals surface area contributed by atoms with Crippen LogP contribution in [0.25, 0.3) is 0 Å². The van der Waals surface area contributed by atoms with Crippen LogP contribution in [0.2, 0.25) is 0 Å². The van der Waals surface area contributed by atoms with E-state index < -0.39 is 41.8 Å². The van der Waals surface area contributed by atoms with Crippen molar-refractivity contribution in [2.45, 2.75) is 44.7 Å². The molecule has 0 aliphatic carbocycles. The maximum atomic E-state index is 14.6. The molecular weight excluding hydrogens is 466 g/mol. The zero-order chi connectivity index (χ0) is 25.3. The van der Waals surface area contributed by atoms with E-state index in [1.165, 1.54) is 42.9 Å². The van der Waals surface area contributed by atoms with E-state index >= 15 is 0 Å². The first-order chi connectivity index (χ1) is 16.5. The topological polar surface area (TPSA) is 77.1 Å². The molecule has 0 spiro atoms. The Kier molecular flexibility index (Phi) is 6.79. The zero-order valence-corrected chi connectivity index (χ0v) is 19.2. The predicted molar refractivity (Wildman–Crippen MR) is 120 cm³/mol. The average Bonchev–Trinajstić information content (AvgIpc) is 3.14. The number of likely N-dealkylation sites (tertiary alicyclic amines) is 1. The molecule has 7 nitrogen and oxygen atoms in total. The van der Waals surface area contributed by atoms with Crippen LogP contribution in [0.5, 0.6) is 0 Å². The number of nitrogens with zero attached hydrogens (tertiary/aromatic N) is 4. The number of alkyl halides is 2. The summed E-state index contributed by atoms with van der Waals surface area (Å²) >= 11 is 0. The number of halogens is 4. The van der Waals surface area contributed by atoms with Gasteiger partial charge < -0.3 is 15.1 Å². The Bertz CT molecular complexity index is 1220. The van der Waals surface area contributed by atoms with Crippen LogP contribution in [0.3, 0.4) is 0 Å². The lowest BCUT2D eigenvalue weighted by Gasteiger charge is -2.40. The maximum absolute atomic E-state index is 14.6.